The molecular formula is C35H41Cl2N3O2. The lowest BCUT2D eigenvalue weighted by molar-refractivity contribution is -0.119. The number of halogens is 2. The highest BCUT2D eigenvalue weighted by Gasteiger charge is 2.40. The molecule has 0 aromatic heterocycles. The topological polar surface area (TPSA) is 52.7 Å². The molecule has 2 amide bonds. The van der Waals surface area contributed by atoms with E-state index in [1.807, 2.05) is 53.4 Å². The molecule has 2 heterocycles. The van der Waals surface area contributed by atoms with Crippen LogP contribution in [0.15, 0.2) is 78.9 Å². The van der Waals surface area contributed by atoms with Crippen molar-refractivity contribution in [1.82, 2.24) is 15.1 Å². The minimum Gasteiger partial charge on any atom is -0.355 e. The van der Waals surface area contributed by atoms with Crippen LogP contribution in [0.3, 0.4) is 0 Å². The third-order valence-electron chi connectivity index (χ3n) is 9.42. The van der Waals surface area contributed by atoms with Crippen molar-refractivity contribution >= 4 is 35.0 Å². The summed E-state index contributed by atoms with van der Waals surface area (Å²) in [5.41, 5.74) is 3.00. The van der Waals surface area contributed by atoms with Gasteiger partial charge in [-0.05, 0) is 93.6 Å². The average Bonchev–Trinajstić information content (AvgIpc) is 3.02. The first-order valence-electron chi connectivity index (χ1n) is 15.1. The zero-order chi connectivity index (χ0) is 29.6. The Kier molecular flexibility index (Phi) is 9.92. The summed E-state index contributed by atoms with van der Waals surface area (Å²) in [7, 11) is 0. The van der Waals surface area contributed by atoms with Gasteiger partial charge in [-0.2, -0.15) is 0 Å². The molecule has 7 heteroatoms. The summed E-state index contributed by atoms with van der Waals surface area (Å²) < 4.78 is 0. The predicted molar refractivity (Wildman–Crippen MR) is 171 cm³/mol. The molecule has 2 saturated heterocycles. The normalized spacial score (nSPS) is 20.7. The lowest BCUT2D eigenvalue weighted by Gasteiger charge is -2.45. The minimum atomic E-state index is -0.175. The van der Waals surface area contributed by atoms with E-state index in [1.165, 1.54) is 11.1 Å². The smallest absolute Gasteiger partial charge is 0.253 e. The predicted octanol–water partition coefficient (Wildman–Crippen LogP) is 7.12. The summed E-state index contributed by atoms with van der Waals surface area (Å²) in [6.07, 6.45) is 5.97. The van der Waals surface area contributed by atoms with Crippen LogP contribution in [0.5, 0.6) is 0 Å². The molecule has 2 fully saturated rings. The molecule has 2 aliphatic heterocycles. The van der Waals surface area contributed by atoms with Crippen molar-refractivity contribution in [3.63, 3.8) is 0 Å². The number of hydrogen-bond acceptors (Lipinski definition) is 3. The van der Waals surface area contributed by atoms with Gasteiger partial charge in [0.1, 0.15) is 0 Å². The molecule has 0 spiro atoms. The van der Waals surface area contributed by atoms with Crippen molar-refractivity contribution in [1.29, 1.82) is 0 Å². The van der Waals surface area contributed by atoms with Crippen molar-refractivity contribution in [3.05, 3.63) is 106 Å². The second kappa shape index (κ2) is 13.6. The van der Waals surface area contributed by atoms with Crippen LogP contribution in [0.1, 0.15) is 66.9 Å². The first-order valence-corrected chi connectivity index (χ1v) is 15.9. The summed E-state index contributed by atoms with van der Waals surface area (Å²) in [5, 5.41) is 4.22. The van der Waals surface area contributed by atoms with Crippen molar-refractivity contribution in [3.8, 4) is 0 Å². The number of likely N-dealkylation sites (tertiary alicyclic amines) is 2. The second-order valence-electron chi connectivity index (χ2n) is 12.1. The number of carbonyl (C=O) groups excluding carboxylic acids is 2. The molecule has 2 aliphatic rings. The number of nitrogens with zero attached hydrogens (tertiary/aromatic N) is 2. The third-order valence-corrected chi connectivity index (χ3v) is 10.2. The number of benzene rings is 3. The Morgan fingerprint density at radius 2 is 1.50 bits per heavy atom. The molecule has 5 nitrogen and oxygen atoms in total. The molecule has 3 aromatic carbocycles. The second-order valence-corrected chi connectivity index (χ2v) is 12.9. The number of nitrogens with one attached hydrogen (secondary N) is 1. The molecule has 42 heavy (non-hydrogen) atoms. The lowest BCUT2D eigenvalue weighted by Crippen LogP contribution is -2.50. The third kappa shape index (κ3) is 7.02. The highest BCUT2D eigenvalue weighted by molar-refractivity contribution is 6.42. The standard InChI is InChI=1S/C35H41Cl2N3O2/c1-27(41)38-25-34(29-12-6-3-7-13-29)18-22-39(23-19-34)20-8-16-35(30-14-15-31(36)32(37)24-30)17-9-21-40(26-35)33(42)28-10-4-2-5-11-28/h2-7,10-15,24H,8-9,16-23,25-26H2,1H3,(H,38,41)/t35-/m0/s1. The van der Waals surface area contributed by atoms with Gasteiger partial charge < -0.3 is 15.1 Å². The van der Waals surface area contributed by atoms with Gasteiger partial charge in [-0.3, -0.25) is 9.59 Å². The van der Waals surface area contributed by atoms with Crippen molar-refractivity contribution < 1.29 is 9.59 Å². The van der Waals surface area contributed by atoms with E-state index in [9.17, 15) is 9.59 Å². The van der Waals surface area contributed by atoms with Crippen LogP contribution in [0, 0.1) is 0 Å². The number of rotatable bonds is 9. The van der Waals surface area contributed by atoms with Gasteiger partial charge in [-0.1, -0.05) is 77.8 Å². The van der Waals surface area contributed by atoms with Crippen LogP contribution in [0.4, 0.5) is 0 Å². The van der Waals surface area contributed by atoms with Gasteiger partial charge in [0.15, 0.2) is 0 Å². The van der Waals surface area contributed by atoms with Crippen LogP contribution in [-0.2, 0) is 15.6 Å². The van der Waals surface area contributed by atoms with E-state index in [2.05, 4.69) is 40.5 Å². The van der Waals surface area contributed by atoms with Crippen LogP contribution in [0.2, 0.25) is 10.0 Å². The lowest BCUT2D eigenvalue weighted by atomic mass is 9.70. The van der Waals surface area contributed by atoms with Gasteiger partial charge in [0.25, 0.3) is 5.91 Å². The van der Waals surface area contributed by atoms with E-state index >= 15 is 0 Å². The molecule has 0 aliphatic carbocycles. The zero-order valence-electron chi connectivity index (χ0n) is 24.5. The zero-order valence-corrected chi connectivity index (χ0v) is 26.0. The quantitative estimate of drug-likeness (QED) is 0.282. The largest absolute Gasteiger partial charge is 0.355 e. The summed E-state index contributed by atoms with van der Waals surface area (Å²) in [5.74, 6) is 0.111. The molecule has 1 atom stereocenters. The van der Waals surface area contributed by atoms with Gasteiger partial charge in [0.05, 0.1) is 10.0 Å². The Morgan fingerprint density at radius 1 is 0.810 bits per heavy atom. The maximum atomic E-state index is 13.5. The summed E-state index contributed by atoms with van der Waals surface area (Å²) >= 11 is 12.8. The first-order chi connectivity index (χ1) is 20.3. The van der Waals surface area contributed by atoms with Gasteiger partial charge >= 0.3 is 0 Å². The summed E-state index contributed by atoms with van der Waals surface area (Å²) in [6.45, 7) is 6.69. The average molecular weight is 607 g/mol. The van der Waals surface area contributed by atoms with E-state index < -0.39 is 0 Å². The monoisotopic (exact) mass is 605 g/mol. The first kappa shape index (κ1) is 30.6. The Bertz CT molecular complexity index is 1360. The van der Waals surface area contributed by atoms with E-state index in [0.29, 0.717) is 23.1 Å². The molecule has 0 radical (unpaired) electrons. The molecule has 0 bridgehead atoms. The Labute approximate surface area is 260 Å². The molecule has 222 valence electrons. The van der Waals surface area contributed by atoms with Gasteiger partial charge in [-0.25, -0.2) is 0 Å². The fraction of sp³-hybridized carbons (Fsp3) is 0.429. The van der Waals surface area contributed by atoms with Crippen molar-refractivity contribution in [2.75, 3.05) is 39.3 Å². The number of amides is 2. The van der Waals surface area contributed by atoms with Crippen molar-refractivity contribution in [2.45, 2.75) is 56.3 Å². The summed E-state index contributed by atoms with van der Waals surface area (Å²) in [6, 6.07) is 26.2. The Morgan fingerprint density at radius 3 is 2.17 bits per heavy atom. The highest BCUT2D eigenvalue weighted by atomic mass is 35.5. The molecule has 0 saturated carbocycles. The summed E-state index contributed by atoms with van der Waals surface area (Å²) in [4.78, 5) is 29.9. The van der Waals surface area contributed by atoms with Crippen LogP contribution in [-0.4, -0.2) is 60.9 Å². The fourth-order valence-electron chi connectivity index (χ4n) is 6.98. The minimum absolute atomic E-state index is 0.0209. The van der Waals surface area contributed by atoms with Crippen LogP contribution >= 0.6 is 23.2 Å². The maximum Gasteiger partial charge on any atom is 0.253 e. The van der Waals surface area contributed by atoms with Crippen LogP contribution in [0.25, 0.3) is 0 Å². The van der Waals surface area contributed by atoms with Gasteiger partial charge in [0, 0.05) is 43.0 Å². The molecule has 5 rings (SSSR count). The van der Waals surface area contributed by atoms with Crippen LogP contribution < -0.4 is 5.32 Å². The molecule has 3 aromatic rings. The molecule has 1 N–H and O–H groups in total. The molecule has 0 unspecified atom stereocenters. The number of hydrogen-bond donors (Lipinski definition) is 1. The Hall–Kier alpha value is -2.86. The Balaban J connectivity index is 1.28. The SMILES string of the molecule is CC(=O)NCC1(c2ccccc2)CCN(CCC[C@]2(c3ccc(Cl)c(Cl)c3)CCCN(C(=O)c3ccccc3)C2)CC1. The van der Waals surface area contributed by atoms with E-state index in [0.717, 1.165) is 70.3 Å². The fourth-order valence-corrected chi connectivity index (χ4v) is 7.28. The van der Waals surface area contributed by atoms with Crippen molar-refractivity contribution in [2.24, 2.45) is 0 Å². The van der Waals surface area contributed by atoms with E-state index in [4.69, 9.17) is 23.2 Å². The molecular weight excluding hydrogens is 565 g/mol. The van der Waals surface area contributed by atoms with Gasteiger partial charge in [-0.15, -0.1) is 0 Å². The highest BCUT2D eigenvalue weighted by Crippen LogP contribution is 2.41. The number of carbonyl (C=O) groups is 2. The number of piperidine rings is 2. The van der Waals surface area contributed by atoms with E-state index in [-0.39, 0.29) is 22.6 Å². The van der Waals surface area contributed by atoms with Gasteiger partial charge in [0.2, 0.25) is 5.91 Å². The maximum absolute atomic E-state index is 13.5. The van der Waals surface area contributed by atoms with E-state index in [1.54, 1.807) is 6.92 Å².